The van der Waals surface area contributed by atoms with E-state index in [9.17, 15) is 4.79 Å². The average Bonchev–Trinajstić information content (AvgIpc) is 2.80. The summed E-state index contributed by atoms with van der Waals surface area (Å²) < 4.78 is 11.1. The van der Waals surface area contributed by atoms with E-state index in [1.54, 1.807) is 25.6 Å². The van der Waals surface area contributed by atoms with Crippen LogP contribution in [0.1, 0.15) is 37.1 Å². The number of pyridine rings is 1. The summed E-state index contributed by atoms with van der Waals surface area (Å²) in [6, 6.07) is 11.4. The van der Waals surface area contributed by atoms with E-state index in [4.69, 9.17) is 14.5 Å². The van der Waals surface area contributed by atoms with Crippen molar-refractivity contribution in [2.45, 2.75) is 32.2 Å². The second kappa shape index (κ2) is 9.75. The van der Waals surface area contributed by atoms with Gasteiger partial charge in [0.05, 0.1) is 19.4 Å². The number of hydrogen-bond donors (Lipinski definition) is 1. The van der Waals surface area contributed by atoms with E-state index in [-0.39, 0.29) is 11.5 Å². The number of H-pyrrole nitrogens is 1. The SMILES string of the molecule is CCOc1cc(CN2CCC[C@H](c3nc(-c4ccncc4)cc(=O)[nH]3)C2)ccc1OC. The average molecular weight is 421 g/mol. The second-order valence-corrected chi connectivity index (χ2v) is 7.74. The number of methoxy groups -OCH3 is 1. The zero-order valence-corrected chi connectivity index (χ0v) is 18.0. The highest BCUT2D eigenvalue weighted by molar-refractivity contribution is 5.57. The summed E-state index contributed by atoms with van der Waals surface area (Å²) in [7, 11) is 1.65. The summed E-state index contributed by atoms with van der Waals surface area (Å²) in [5.41, 5.74) is 2.65. The maximum Gasteiger partial charge on any atom is 0.251 e. The fourth-order valence-corrected chi connectivity index (χ4v) is 4.11. The molecule has 1 aliphatic rings. The standard InChI is InChI=1S/C24H28N4O3/c1-3-31-22-13-17(6-7-21(22)30-2)15-28-12-4-5-19(16-28)24-26-20(14-23(29)27-24)18-8-10-25-11-9-18/h6-11,13-14,19H,3-5,12,15-16H2,1-2H3,(H,26,27,29)/t19-/m0/s1. The third-order valence-corrected chi connectivity index (χ3v) is 5.56. The Morgan fingerprint density at radius 3 is 2.77 bits per heavy atom. The van der Waals surface area contributed by atoms with Crippen molar-refractivity contribution in [3.8, 4) is 22.8 Å². The Bertz CT molecular complexity index is 1070. The van der Waals surface area contributed by atoms with Gasteiger partial charge < -0.3 is 14.5 Å². The molecule has 1 N–H and O–H groups in total. The highest BCUT2D eigenvalue weighted by Gasteiger charge is 2.24. The number of hydrogen-bond acceptors (Lipinski definition) is 6. The predicted octanol–water partition coefficient (Wildman–Crippen LogP) is 3.62. The van der Waals surface area contributed by atoms with Crippen LogP contribution in [0.2, 0.25) is 0 Å². The molecule has 2 aromatic heterocycles. The van der Waals surface area contributed by atoms with E-state index in [0.717, 1.165) is 55.4 Å². The number of likely N-dealkylation sites (tertiary alicyclic amines) is 1. The molecule has 3 heterocycles. The maximum absolute atomic E-state index is 12.3. The number of nitrogens with one attached hydrogen (secondary N) is 1. The molecular formula is C24H28N4O3. The smallest absolute Gasteiger partial charge is 0.251 e. The van der Waals surface area contributed by atoms with E-state index >= 15 is 0 Å². The van der Waals surface area contributed by atoms with Crippen LogP contribution in [-0.4, -0.2) is 46.7 Å². The zero-order chi connectivity index (χ0) is 21.6. The van der Waals surface area contributed by atoms with Gasteiger partial charge in [-0.1, -0.05) is 6.07 Å². The molecule has 1 aliphatic heterocycles. The van der Waals surface area contributed by atoms with Crippen molar-refractivity contribution in [3.63, 3.8) is 0 Å². The van der Waals surface area contributed by atoms with Crippen molar-refractivity contribution in [2.24, 2.45) is 0 Å². The number of ether oxygens (including phenoxy) is 2. The first kappa shape index (κ1) is 21.1. The maximum atomic E-state index is 12.3. The Balaban J connectivity index is 1.51. The fraction of sp³-hybridized carbons (Fsp3) is 0.375. The first-order chi connectivity index (χ1) is 15.2. The number of piperidine rings is 1. The first-order valence-electron chi connectivity index (χ1n) is 10.7. The lowest BCUT2D eigenvalue weighted by Crippen LogP contribution is -2.35. The molecule has 0 aliphatic carbocycles. The van der Waals surface area contributed by atoms with Crippen molar-refractivity contribution in [1.82, 2.24) is 19.9 Å². The van der Waals surface area contributed by atoms with Crippen LogP contribution in [0.4, 0.5) is 0 Å². The second-order valence-electron chi connectivity index (χ2n) is 7.74. The number of aromatic nitrogens is 3. The number of benzene rings is 1. The van der Waals surface area contributed by atoms with Gasteiger partial charge >= 0.3 is 0 Å². The minimum atomic E-state index is -0.120. The van der Waals surface area contributed by atoms with Crippen molar-refractivity contribution in [3.05, 3.63) is 70.5 Å². The molecule has 7 nitrogen and oxygen atoms in total. The normalized spacial score (nSPS) is 16.8. The van der Waals surface area contributed by atoms with Crippen LogP contribution in [0.25, 0.3) is 11.3 Å². The summed E-state index contributed by atoms with van der Waals surface area (Å²) in [5, 5.41) is 0. The summed E-state index contributed by atoms with van der Waals surface area (Å²) in [4.78, 5) is 26.5. The van der Waals surface area contributed by atoms with E-state index in [0.29, 0.717) is 12.3 Å². The summed E-state index contributed by atoms with van der Waals surface area (Å²) in [6.07, 6.45) is 5.49. The van der Waals surface area contributed by atoms with Crippen molar-refractivity contribution < 1.29 is 9.47 Å². The van der Waals surface area contributed by atoms with Crippen LogP contribution in [0.15, 0.2) is 53.6 Å². The Morgan fingerprint density at radius 1 is 1.16 bits per heavy atom. The Morgan fingerprint density at radius 2 is 2.00 bits per heavy atom. The minimum absolute atomic E-state index is 0.120. The molecule has 0 radical (unpaired) electrons. The molecule has 3 aromatic rings. The lowest BCUT2D eigenvalue weighted by Gasteiger charge is -2.32. The molecule has 0 saturated carbocycles. The van der Waals surface area contributed by atoms with Crippen LogP contribution in [0, 0.1) is 0 Å². The van der Waals surface area contributed by atoms with Gasteiger partial charge in [-0.15, -0.1) is 0 Å². The summed E-state index contributed by atoms with van der Waals surface area (Å²) in [5.74, 6) is 2.46. The van der Waals surface area contributed by atoms with Crippen LogP contribution in [0.5, 0.6) is 11.5 Å². The predicted molar refractivity (Wildman–Crippen MR) is 120 cm³/mol. The van der Waals surface area contributed by atoms with E-state index in [1.807, 2.05) is 25.1 Å². The Labute approximate surface area is 182 Å². The molecule has 1 fully saturated rings. The number of nitrogens with zero attached hydrogens (tertiary/aromatic N) is 3. The topological polar surface area (TPSA) is 80.3 Å². The van der Waals surface area contributed by atoms with Gasteiger partial charge in [0.15, 0.2) is 11.5 Å². The zero-order valence-electron chi connectivity index (χ0n) is 18.0. The molecule has 1 atom stereocenters. The number of aromatic amines is 1. The molecule has 162 valence electrons. The highest BCUT2D eigenvalue weighted by atomic mass is 16.5. The summed E-state index contributed by atoms with van der Waals surface area (Å²) >= 11 is 0. The Hall–Kier alpha value is -3.19. The van der Waals surface area contributed by atoms with Gasteiger partial charge in [-0.25, -0.2) is 4.98 Å². The molecule has 0 bridgehead atoms. The Kier molecular flexibility index (Phi) is 6.62. The quantitative estimate of drug-likeness (QED) is 0.629. The molecular weight excluding hydrogens is 392 g/mol. The van der Waals surface area contributed by atoms with Gasteiger partial charge in [0.1, 0.15) is 5.82 Å². The molecule has 1 aromatic carbocycles. The third kappa shape index (κ3) is 5.11. The first-order valence-corrected chi connectivity index (χ1v) is 10.7. The van der Waals surface area contributed by atoms with Gasteiger partial charge in [0.25, 0.3) is 5.56 Å². The third-order valence-electron chi connectivity index (χ3n) is 5.56. The van der Waals surface area contributed by atoms with Gasteiger partial charge in [0, 0.05) is 43.0 Å². The van der Waals surface area contributed by atoms with E-state index < -0.39 is 0 Å². The van der Waals surface area contributed by atoms with Gasteiger partial charge in [-0.05, 0) is 56.1 Å². The van der Waals surface area contributed by atoms with E-state index in [1.165, 1.54) is 5.56 Å². The molecule has 0 amide bonds. The number of rotatable bonds is 7. The van der Waals surface area contributed by atoms with Crippen LogP contribution in [0.3, 0.4) is 0 Å². The van der Waals surface area contributed by atoms with Crippen molar-refractivity contribution in [1.29, 1.82) is 0 Å². The van der Waals surface area contributed by atoms with Crippen LogP contribution in [-0.2, 0) is 6.54 Å². The van der Waals surface area contributed by atoms with Crippen LogP contribution >= 0.6 is 0 Å². The molecule has 1 saturated heterocycles. The fourth-order valence-electron chi connectivity index (χ4n) is 4.11. The van der Waals surface area contributed by atoms with E-state index in [2.05, 4.69) is 27.0 Å². The minimum Gasteiger partial charge on any atom is -0.493 e. The lowest BCUT2D eigenvalue weighted by atomic mass is 9.96. The molecule has 0 unspecified atom stereocenters. The monoisotopic (exact) mass is 420 g/mol. The molecule has 4 rings (SSSR count). The van der Waals surface area contributed by atoms with Crippen molar-refractivity contribution in [2.75, 3.05) is 26.8 Å². The largest absolute Gasteiger partial charge is 0.493 e. The lowest BCUT2D eigenvalue weighted by molar-refractivity contribution is 0.196. The summed E-state index contributed by atoms with van der Waals surface area (Å²) in [6.45, 7) is 5.24. The molecule has 0 spiro atoms. The van der Waals surface area contributed by atoms with Crippen LogP contribution < -0.4 is 15.0 Å². The van der Waals surface area contributed by atoms with Crippen molar-refractivity contribution >= 4 is 0 Å². The molecule has 7 heteroatoms. The van der Waals surface area contributed by atoms with Gasteiger partial charge in [-0.3, -0.25) is 14.7 Å². The molecule has 31 heavy (non-hydrogen) atoms. The van der Waals surface area contributed by atoms with Gasteiger partial charge in [-0.2, -0.15) is 0 Å². The highest BCUT2D eigenvalue weighted by Crippen LogP contribution is 2.30. The van der Waals surface area contributed by atoms with Gasteiger partial charge in [0.2, 0.25) is 0 Å².